The van der Waals surface area contributed by atoms with Crippen molar-refractivity contribution in [2.24, 2.45) is 0 Å². The van der Waals surface area contributed by atoms with Crippen molar-refractivity contribution in [1.29, 1.82) is 0 Å². The molecule has 1 aromatic heterocycles. The molecule has 2 heterocycles. The molecule has 3 aromatic rings. The van der Waals surface area contributed by atoms with Gasteiger partial charge in [0.15, 0.2) is 11.5 Å². The molecule has 2 aromatic carbocycles. The highest BCUT2D eigenvalue weighted by Crippen LogP contribution is 2.30. The second kappa shape index (κ2) is 7.22. The van der Waals surface area contributed by atoms with Crippen molar-refractivity contribution >= 4 is 0 Å². The maximum Gasteiger partial charge on any atom is 0.161 e. The quantitative estimate of drug-likeness (QED) is 0.765. The van der Waals surface area contributed by atoms with E-state index >= 15 is 0 Å². The minimum atomic E-state index is 0.612. The lowest BCUT2D eigenvalue weighted by Gasteiger charge is -2.19. The normalized spacial score (nSPS) is 13.0. The predicted molar refractivity (Wildman–Crippen MR) is 101 cm³/mol. The summed E-state index contributed by atoms with van der Waals surface area (Å²) in [5.41, 5.74) is 5.74. The van der Waals surface area contributed by atoms with Crippen LogP contribution in [0.4, 0.5) is 0 Å². The first kappa shape index (κ1) is 16.7. The summed E-state index contributed by atoms with van der Waals surface area (Å²) in [6, 6.07) is 16.3. The number of para-hydroxylation sites is 1. The van der Waals surface area contributed by atoms with Crippen LogP contribution < -0.4 is 14.8 Å². The van der Waals surface area contributed by atoms with E-state index in [0.29, 0.717) is 13.2 Å². The molecule has 1 aliphatic heterocycles. The highest BCUT2D eigenvalue weighted by atomic mass is 16.6. The van der Waals surface area contributed by atoms with Crippen molar-refractivity contribution < 1.29 is 9.47 Å². The standard InChI is InChI=1S/C21H23N3O2/c1-15-19(16(2)24(23-15)18-6-4-3-5-7-18)14-22-13-17-8-9-20-21(12-17)26-11-10-25-20/h3-9,12,22H,10-11,13-14H2,1-2H3. The van der Waals surface area contributed by atoms with Crippen LogP contribution in [0.3, 0.4) is 0 Å². The second-order valence-corrected chi connectivity index (χ2v) is 6.48. The molecule has 0 fully saturated rings. The van der Waals surface area contributed by atoms with Gasteiger partial charge in [-0.3, -0.25) is 0 Å². The third kappa shape index (κ3) is 3.30. The molecule has 0 saturated carbocycles. The van der Waals surface area contributed by atoms with Crippen LogP contribution >= 0.6 is 0 Å². The molecule has 0 unspecified atom stereocenters. The molecule has 134 valence electrons. The van der Waals surface area contributed by atoms with E-state index in [-0.39, 0.29) is 0 Å². The molecule has 0 spiro atoms. The summed E-state index contributed by atoms with van der Waals surface area (Å²) in [5.74, 6) is 1.66. The molecule has 4 rings (SSSR count). The first-order valence-corrected chi connectivity index (χ1v) is 8.92. The Morgan fingerprint density at radius 2 is 1.73 bits per heavy atom. The highest BCUT2D eigenvalue weighted by Gasteiger charge is 2.14. The van der Waals surface area contributed by atoms with E-state index < -0.39 is 0 Å². The fourth-order valence-electron chi connectivity index (χ4n) is 3.28. The summed E-state index contributed by atoms with van der Waals surface area (Å²) < 4.78 is 13.2. The summed E-state index contributed by atoms with van der Waals surface area (Å²) in [6.07, 6.45) is 0. The molecule has 1 N–H and O–H groups in total. The van der Waals surface area contributed by atoms with Gasteiger partial charge in [0.05, 0.1) is 11.4 Å². The van der Waals surface area contributed by atoms with Crippen LogP contribution in [0.25, 0.3) is 5.69 Å². The molecule has 1 aliphatic rings. The zero-order valence-corrected chi connectivity index (χ0v) is 15.2. The Kier molecular flexibility index (Phi) is 4.63. The van der Waals surface area contributed by atoms with Crippen molar-refractivity contribution in [3.05, 3.63) is 71.0 Å². The van der Waals surface area contributed by atoms with Gasteiger partial charge in [-0.1, -0.05) is 24.3 Å². The fraction of sp³-hybridized carbons (Fsp3) is 0.286. The molecular weight excluding hydrogens is 326 g/mol. The van der Waals surface area contributed by atoms with Crippen molar-refractivity contribution in [2.45, 2.75) is 26.9 Å². The maximum absolute atomic E-state index is 5.65. The summed E-state index contributed by atoms with van der Waals surface area (Å²) in [6.45, 7) is 6.96. The van der Waals surface area contributed by atoms with Crippen LogP contribution in [-0.4, -0.2) is 23.0 Å². The zero-order chi connectivity index (χ0) is 17.9. The Hall–Kier alpha value is -2.79. The molecule has 0 aliphatic carbocycles. The van der Waals surface area contributed by atoms with Gasteiger partial charge in [-0.25, -0.2) is 4.68 Å². The Balaban J connectivity index is 1.45. The molecule has 0 saturated heterocycles. The summed E-state index contributed by atoms with van der Waals surface area (Å²) >= 11 is 0. The molecular formula is C21H23N3O2. The van der Waals surface area contributed by atoms with Crippen LogP contribution in [0.15, 0.2) is 48.5 Å². The maximum atomic E-state index is 5.65. The Morgan fingerprint density at radius 1 is 0.962 bits per heavy atom. The molecule has 5 heteroatoms. The van der Waals surface area contributed by atoms with Gasteiger partial charge in [0, 0.05) is 24.3 Å². The number of hydrogen-bond donors (Lipinski definition) is 1. The lowest BCUT2D eigenvalue weighted by molar-refractivity contribution is 0.171. The third-order valence-electron chi connectivity index (χ3n) is 4.68. The molecule has 26 heavy (non-hydrogen) atoms. The second-order valence-electron chi connectivity index (χ2n) is 6.48. The number of rotatable bonds is 5. The molecule has 0 bridgehead atoms. The fourth-order valence-corrected chi connectivity index (χ4v) is 3.28. The van der Waals surface area contributed by atoms with Crippen molar-refractivity contribution in [3.8, 4) is 17.2 Å². The van der Waals surface area contributed by atoms with E-state index in [9.17, 15) is 0 Å². The van der Waals surface area contributed by atoms with Crippen molar-refractivity contribution in [1.82, 2.24) is 15.1 Å². The van der Waals surface area contributed by atoms with Crippen molar-refractivity contribution in [2.75, 3.05) is 13.2 Å². The highest BCUT2D eigenvalue weighted by molar-refractivity contribution is 5.44. The number of hydrogen-bond acceptors (Lipinski definition) is 4. The molecule has 0 amide bonds. The van der Waals surface area contributed by atoms with Crippen LogP contribution in [0.5, 0.6) is 11.5 Å². The SMILES string of the molecule is Cc1nn(-c2ccccc2)c(C)c1CNCc1ccc2c(c1)OCCO2. The lowest BCUT2D eigenvalue weighted by Crippen LogP contribution is -2.17. The Labute approximate surface area is 153 Å². The summed E-state index contributed by atoms with van der Waals surface area (Å²) in [4.78, 5) is 0. The van der Waals surface area contributed by atoms with Gasteiger partial charge in [0.25, 0.3) is 0 Å². The Morgan fingerprint density at radius 3 is 2.54 bits per heavy atom. The number of aromatic nitrogens is 2. The van der Waals surface area contributed by atoms with Gasteiger partial charge < -0.3 is 14.8 Å². The van der Waals surface area contributed by atoms with Crippen LogP contribution in [0, 0.1) is 13.8 Å². The number of nitrogens with zero attached hydrogens (tertiary/aromatic N) is 2. The van der Waals surface area contributed by atoms with Gasteiger partial charge in [-0.15, -0.1) is 0 Å². The van der Waals surface area contributed by atoms with E-state index in [2.05, 4.69) is 43.4 Å². The van der Waals surface area contributed by atoms with Crippen molar-refractivity contribution in [3.63, 3.8) is 0 Å². The smallest absolute Gasteiger partial charge is 0.161 e. The first-order chi connectivity index (χ1) is 12.7. The van der Waals surface area contributed by atoms with Gasteiger partial charge in [-0.05, 0) is 43.7 Å². The topological polar surface area (TPSA) is 48.3 Å². The number of benzene rings is 2. The predicted octanol–water partition coefficient (Wildman–Crippen LogP) is 3.55. The average Bonchev–Trinajstić information content (AvgIpc) is 2.97. The van der Waals surface area contributed by atoms with E-state index in [4.69, 9.17) is 14.6 Å². The number of aryl methyl sites for hydroxylation is 1. The lowest BCUT2D eigenvalue weighted by atomic mass is 10.1. The minimum Gasteiger partial charge on any atom is -0.486 e. The largest absolute Gasteiger partial charge is 0.486 e. The number of ether oxygens (including phenoxy) is 2. The Bertz CT molecular complexity index is 903. The zero-order valence-electron chi connectivity index (χ0n) is 15.2. The first-order valence-electron chi connectivity index (χ1n) is 8.92. The number of fused-ring (bicyclic) bond motifs is 1. The van der Waals surface area contributed by atoms with Gasteiger partial charge in [-0.2, -0.15) is 5.10 Å². The minimum absolute atomic E-state index is 0.612. The average molecular weight is 349 g/mol. The van der Waals surface area contributed by atoms with Gasteiger partial charge >= 0.3 is 0 Å². The third-order valence-corrected chi connectivity index (χ3v) is 4.68. The van der Waals surface area contributed by atoms with Gasteiger partial charge in [0.2, 0.25) is 0 Å². The van der Waals surface area contributed by atoms with Crippen LogP contribution in [-0.2, 0) is 13.1 Å². The monoisotopic (exact) mass is 349 g/mol. The van der Waals surface area contributed by atoms with E-state index in [1.54, 1.807) is 0 Å². The van der Waals surface area contributed by atoms with E-state index in [1.807, 2.05) is 28.9 Å². The van der Waals surface area contributed by atoms with E-state index in [0.717, 1.165) is 36.0 Å². The molecule has 5 nitrogen and oxygen atoms in total. The molecule has 0 atom stereocenters. The van der Waals surface area contributed by atoms with Crippen LogP contribution in [0.1, 0.15) is 22.5 Å². The molecule has 0 radical (unpaired) electrons. The van der Waals surface area contributed by atoms with Crippen LogP contribution in [0.2, 0.25) is 0 Å². The van der Waals surface area contributed by atoms with Gasteiger partial charge in [0.1, 0.15) is 13.2 Å². The summed E-state index contributed by atoms with van der Waals surface area (Å²) in [7, 11) is 0. The summed E-state index contributed by atoms with van der Waals surface area (Å²) in [5, 5.41) is 8.23. The van der Waals surface area contributed by atoms with E-state index in [1.165, 1.54) is 16.8 Å². The number of nitrogens with one attached hydrogen (secondary N) is 1.